The SMILES string of the molecule is CC(N)c1cccc(S(=O)(=O)N2CCOCC2CO)c1. The molecule has 6 nitrogen and oxygen atoms in total. The highest BCUT2D eigenvalue weighted by atomic mass is 32.2. The second-order valence-electron chi connectivity index (χ2n) is 4.89. The number of ether oxygens (including phenoxy) is 1. The maximum atomic E-state index is 12.6. The summed E-state index contributed by atoms with van der Waals surface area (Å²) in [6, 6.07) is 5.85. The molecule has 2 unspecified atom stereocenters. The molecule has 3 N–H and O–H groups in total. The predicted octanol–water partition coefficient (Wildman–Crippen LogP) is 0.0881. The first kappa shape index (κ1) is 15.4. The molecule has 7 heteroatoms. The zero-order chi connectivity index (χ0) is 14.8. The average Bonchev–Trinajstić information content (AvgIpc) is 2.47. The van der Waals surface area contributed by atoms with Crippen molar-refractivity contribution < 1.29 is 18.3 Å². The fraction of sp³-hybridized carbons (Fsp3) is 0.538. The van der Waals surface area contributed by atoms with E-state index >= 15 is 0 Å². The van der Waals surface area contributed by atoms with Crippen molar-refractivity contribution in [1.82, 2.24) is 4.31 Å². The minimum atomic E-state index is -3.64. The Morgan fingerprint density at radius 1 is 1.55 bits per heavy atom. The number of sulfonamides is 1. The number of aliphatic hydroxyl groups is 1. The lowest BCUT2D eigenvalue weighted by atomic mass is 10.1. The molecule has 20 heavy (non-hydrogen) atoms. The Balaban J connectivity index is 2.36. The molecule has 0 spiro atoms. The maximum absolute atomic E-state index is 12.6. The Morgan fingerprint density at radius 3 is 2.95 bits per heavy atom. The highest BCUT2D eigenvalue weighted by molar-refractivity contribution is 7.89. The van der Waals surface area contributed by atoms with E-state index in [0.29, 0.717) is 6.61 Å². The van der Waals surface area contributed by atoms with Gasteiger partial charge in [0.05, 0.1) is 30.8 Å². The monoisotopic (exact) mass is 300 g/mol. The average molecular weight is 300 g/mol. The van der Waals surface area contributed by atoms with Gasteiger partial charge in [0.1, 0.15) is 0 Å². The van der Waals surface area contributed by atoms with Gasteiger partial charge in [-0.15, -0.1) is 0 Å². The fourth-order valence-electron chi connectivity index (χ4n) is 2.19. The Hall–Kier alpha value is -0.990. The highest BCUT2D eigenvalue weighted by Gasteiger charge is 2.33. The number of hydrogen-bond donors (Lipinski definition) is 2. The Morgan fingerprint density at radius 2 is 2.30 bits per heavy atom. The summed E-state index contributed by atoms with van der Waals surface area (Å²) in [5.74, 6) is 0. The normalized spacial score (nSPS) is 22.6. The molecule has 0 saturated carbocycles. The van der Waals surface area contributed by atoms with Crippen LogP contribution in [0.25, 0.3) is 0 Å². The van der Waals surface area contributed by atoms with Crippen molar-refractivity contribution in [3.63, 3.8) is 0 Å². The van der Waals surface area contributed by atoms with Crippen LogP contribution in [0.15, 0.2) is 29.2 Å². The van der Waals surface area contributed by atoms with Crippen LogP contribution in [0, 0.1) is 0 Å². The first-order chi connectivity index (χ1) is 9.46. The minimum absolute atomic E-state index is 0.202. The molecular formula is C13H20N2O4S. The summed E-state index contributed by atoms with van der Waals surface area (Å²) >= 11 is 0. The number of aliphatic hydroxyl groups excluding tert-OH is 1. The molecule has 1 aromatic carbocycles. The van der Waals surface area contributed by atoms with Gasteiger partial charge in [0.15, 0.2) is 0 Å². The largest absolute Gasteiger partial charge is 0.395 e. The van der Waals surface area contributed by atoms with Gasteiger partial charge in [0.2, 0.25) is 10.0 Å². The van der Waals surface area contributed by atoms with E-state index in [-0.39, 0.29) is 30.7 Å². The summed E-state index contributed by atoms with van der Waals surface area (Å²) < 4.78 is 31.8. The maximum Gasteiger partial charge on any atom is 0.243 e. The second kappa shape index (κ2) is 6.19. The van der Waals surface area contributed by atoms with Crippen molar-refractivity contribution >= 4 is 10.0 Å². The molecule has 1 heterocycles. The Kier molecular flexibility index (Phi) is 4.77. The van der Waals surface area contributed by atoms with E-state index in [1.54, 1.807) is 31.2 Å². The summed E-state index contributed by atoms with van der Waals surface area (Å²) in [4.78, 5) is 0.202. The van der Waals surface area contributed by atoms with E-state index < -0.39 is 16.1 Å². The van der Waals surface area contributed by atoms with Crippen LogP contribution in [0.1, 0.15) is 18.5 Å². The molecule has 2 rings (SSSR count). The number of rotatable bonds is 4. The molecular weight excluding hydrogens is 280 g/mol. The molecule has 1 saturated heterocycles. The molecule has 1 aliphatic heterocycles. The molecule has 0 radical (unpaired) electrons. The molecule has 0 aliphatic carbocycles. The van der Waals surface area contributed by atoms with Crippen molar-refractivity contribution in [1.29, 1.82) is 0 Å². The number of nitrogens with two attached hydrogens (primary N) is 1. The molecule has 0 bridgehead atoms. The first-order valence-electron chi connectivity index (χ1n) is 6.53. The standard InChI is InChI=1S/C13H20N2O4S/c1-10(14)11-3-2-4-13(7-11)20(17,18)15-5-6-19-9-12(15)8-16/h2-4,7,10,12,16H,5-6,8-9,14H2,1H3. The van der Waals surface area contributed by atoms with Crippen molar-refractivity contribution in [2.75, 3.05) is 26.4 Å². The molecule has 112 valence electrons. The van der Waals surface area contributed by atoms with Gasteiger partial charge in [-0.3, -0.25) is 0 Å². The van der Waals surface area contributed by atoms with Gasteiger partial charge in [-0.05, 0) is 24.6 Å². The van der Waals surface area contributed by atoms with Gasteiger partial charge < -0.3 is 15.6 Å². The van der Waals surface area contributed by atoms with E-state index in [9.17, 15) is 13.5 Å². The molecule has 1 fully saturated rings. The van der Waals surface area contributed by atoms with Crippen LogP contribution in [0.3, 0.4) is 0 Å². The predicted molar refractivity (Wildman–Crippen MR) is 74.6 cm³/mol. The van der Waals surface area contributed by atoms with E-state index in [4.69, 9.17) is 10.5 Å². The summed E-state index contributed by atoms with van der Waals surface area (Å²) in [5, 5.41) is 9.31. The van der Waals surface area contributed by atoms with Crippen molar-refractivity contribution in [3.8, 4) is 0 Å². The lowest BCUT2D eigenvalue weighted by Gasteiger charge is -2.33. The van der Waals surface area contributed by atoms with Gasteiger partial charge in [-0.2, -0.15) is 4.31 Å². The quantitative estimate of drug-likeness (QED) is 0.822. The van der Waals surface area contributed by atoms with Crippen molar-refractivity contribution in [2.45, 2.75) is 23.9 Å². The van der Waals surface area contributed by atoms with Gasteiger partial charge >= 0.3 is 0 Å². The van der Waals surface area contributed by atoms with E-state index in [0.717, 1.165) is 5.56 Å². The number of morpholine rings is 1. The third-order valence-electron chi connectivity index (χ3n) is 3.37. The molecule has 0 aromatic heterocycles. The van der Waals surface area contributed by atoms with Crippen LogP contribution >= 0.6 is 0 Å². The fourth-order valence-corrected chi connectivity index (χ4v) is 3.83. The van der Waals surface area contributed by atoms with Crippen LogP contribution in [-0.2, 0) is 14.8 Å². The lowest BCUT2D eigenvalue weighted by molar-refractivity contribution is 0.0109. The van der Waals surface area contributed by atoms with Crippen molar-refractivity contribution in [3.05, 3.63) is 29.8 Å². The zero-order valence-electron chi connectivity index (χ0n) is 11.4. The molecule has 1 aromatic rings. The second-order valence-corrected chi connectivity index (χ2v) is 6.78. The Labute approximate surface area is 119 Å². The third kappa shape index (κ3) is 3.02. The van der Waals surface area contributed by atoms with Crippen molar-refractivity contribution in [2.24, 2.45) is 5.73 Å². The number of hydrogen-bond acceptors (Lipinski definition) is 5. The lowest BCUT2D eigenvalue weighted by Crippen LogP contribution is -2.50. The molecule has 1 aliphatic rings. The highest BCUT2D eigenvalue weighted by Crippen LogP contribution is 2.22. The van der Waals surface area contributed by atoms with Gasteiger partial charge in [0, 0.05) is 12.6 Å². The van der Waals surface area contributed by atoms with Gasteiger partial charge in [0.25, 0.3) is 0 Å². The van der Waals surface area contributed by atoms with Crippen LogP contribution in [0.2, 0.25) is 0 Å². The van der Waals surface area contributed by atoms with Crippen LogP contribution in [-0.4, -0.2) is 50.2 Å². The summed E-state index contributed by atoms with van der Waals surface area (Å²) in [6.07, 6.45) is 0. The minimum Gasteiger partial charge on any atom is -0.395 e. The Bertz CT molecular complexity index is 559. The van der Waals surface area contributed by atoms with Crippen LogP contribution in [0.5, 0.6) is 0 Å². The molecule has 2 atom stereocenters. The van der Waals surface area contributed by atoms with Gasteiger partial charge in [-0.1, -0.05) is 12.1 Å². The third-order valence-corrected chi connectivity index (χ3v) is 5.32. The number of benzene rings is 1. The summed E-state index contributed by atoms with van der Waals surface area (Å²) in [5.41, 5.74) is 6.55. The summed E-state index contributed by atoms with van der Waals surface area (Å²) in [6.45, 7) is 2.34. The van der Waals surface area contributed by atoms with E-state index in [2.05, 4.69) is 0 Å². The van der Waals surface area contributed by atoms with Crippen LogP contribution in [0.4, 0.5) is 0 Å². The zero-order valence-corrected chi connectivity index (χ0v) is 12.2. The van der Waals surface area contributed by atoms with E-state index in [1.807, 2.05) is 0 Å². The topological polar surface area (TPSA) is 92.9 Å². The smallest absolute Gasteiger partial charge is 0.243 e. The van der Waals surface area contributed by atoms with Gasteiger partial charge in [-0.25, -0.2) is 8.42 Å². The number of nitrogens with zero attached hydrogens (tertiary/aromatic N) is 1. The van der Waals surface area contributed by atoms with E-state index in [1.165, 1.54) is 4.31 Å². The summed E-state index contributed by atoms with van der Waals surface area (Å²) in [7, 11) is -3.64. The first-order valence-corrected chi connectivity index (χ1v) is 7.97. The molecule has 0 amide bonds. The van der Waals surface area contributed by atoms with Crippen LogP contribution < -0.4 is 5.73 Å².